The van der Waals surface area contributed by atoms with Crippen molar-refractivity contribution in [2.75, 3.05) is 6.54 Å². The molecule has 11 heteroatoms. The van der Waals surface area contributed by atoms with E-state index >= 15 is 0 Å². The summed E-state index contributed by atoms with van der Waals surface area (Å²) in [6.07, 6.45) is 1.71. The maximum atomic E-state index is 12.3. The number of nitrogens with one attached hydrogen (secondary N) is 3. The summed E-state index contributed by atoms with van der Waals surface area (Å²) in [4.78, 5) is 51.5. The highest BCUT2D eigenvalue weighted by atomic mass is 16.6. The van der Waals surface area contributed by atoms with Gasteiger partial charge in [0.25, 0.3) is 0 Å². The molecule has 1 heterocycles. The van der Waals surface area contributed by atoms with E-state index in [1.807, 2.05) is 20.8 Å². The highest BCUT2D eigenvalue weighted by Gasteiger charge is 2.24. The van der Waals surface area contributed by atoms with Gasteiger partial charge in [-0.15, -0.1) is 0 Å². The molecule has 30 heavy (non-hydrogen) atoms. The molecule has 168 valence electrons. The van der Waals surface area contributed by atoms with Gasteiger partial charge in [0.05, 0.1) is 0 Å². The molecule has 1 atom stereocenters. The Labute approximate surface area is 175 Å². The number of hydrogen-bond acceptors (Lipinski definition) is 6. The minimum Gasteiger partial charge on any atom is -0.480 e. The number of imidazole rings is 1. The summed E-state index contributed by atoms with van der Waals surface area (Å²) in [6, 6.07) is -1.72. The zero-order valence-electron chi connectivity index (χ0n) is 18.2. The van der Waals surface area contributed by atoms with E-state index in [0.29, 0.717) is 5.69 Å². The van der Waals surface area contributed by atoms with Gasteiger partial charge in [-0.3, -0.25) is 9.36 Å². The Bertz CT molecular complexity index is 775. The predicted octanol–water partition coefficient (Wildman–Crippen LogP) is 1.27. The van der Waals surface area contributed by atoms with Crippen molar-refractivity contribution < 1.29 is 29.0 Å². The Morgan fingerprint density at radius 3 is 2.33 bits per heavy atom. The molecule has 0 fully saturated rings. The summed E-state index contributed by atoms with van der Waals surface area (Å²) in [5.74, 6) is -1.82. The number of carbonyl (C=O) groups excluding carboxylic acids is 3. The first-order chi connectivity index (χ1) is 13.7. The second kappa shape index (κ2) is 10.1. The van der Waals surface area contributed by atoms with Crippen LogP contribution in [0.15, 0.2) is 12.5 Å². The summed E-state index contributed by atoms with van der Waals surface area (Å²) in [7, 11) is 0. The summed E-state index contributed by atoms with van der Waals surface area (Å²) in [6.45, 7) is 10.6. The zero-order chi connectivity index (χ0) is 23.1. The summed E-state index contributed by atoms with van der Waals surface area (Å²) in [5, 5.41) is 17.0. The number of hydrogen-bond donors (Lipinski definition) is 4. The fourth-order valence-electron chi connectivity index (χ4n) is 2.31. The molecule has 1 aromatic heterocycles. The van der Waals surface area contributed by atoms with Crippen LogP contribution in [0.5, 0.6) is 0 Å². The van der Waals surface area contributed by atoms with Gasteiger partial charge in [0, 0.05) is 36.8 Å². The Balaban J connectivity index is 2.65. The maximum Gasteiger partial charge on any atom is 0.407 e. The van der Waals surface area contributed by atoms with Crippen molar-refractivity contribution in [2.45, 2.75) is 71.6 Å². The Hall–Kier alpha value is -3.11. The normalized spacial score (nSPS) is 12.6. The van der Waals surface area contributed by atoms with Crippen LogP contribution in [0.4, 0.5) is 9.59 Å². The number of ether oxygens (including phenoxy) is 1. The fraction of sp³-hybridized carbons (Fsp3) is 0.632. The van der Waals surface area contributed by atoms with E-state index in [-0.39, 0.29) is 19.4 Å². The molecule has 11 nitrogen and oxygen atoms in total. The molecule has 0 spiro atoms. The predicted molar refractivity (Wildman–Crippen MR) is 108 cm³/mol. The van der Waals surface area contributed by atoms with Crippen LogP contribution in [0.2, 0.25) is 0 Å². The fourth-order valence-corrected chi connectivity index (χ4v) is 2.31. The molecule has 0 aliphatic heterocycles. The Morgan fingerprint density at radius 1 is 1.17 bits per heavy atom. The van der Waals surface area contributed by atoms with Crippen molar-refractivity contribution in [2.24, 2.45) is 0 Å². The van der Waals surface area contributed by atoms with Gasteiger partial charge in [-0.2, -0.15) is 0 Å². The molecule has 0 aliphatic rings. The molecular formula is C19H31N5O6. The van der Waals surface area contributed by atoms with Gasteiger partial charge in [-0.05, 0) is 41.5 Å². The molecule has 1 rings (SSSR count). The minimum atomic E-state index is -1.27. The Morgan fingerprint density at radius 2 is 1.80 bits per heavy atom. The lowest BCUT2D eigenvalue weighted by atomic mass is 10.1. The average Bonchev–Trinajstić information content (AvgIpc) is 2.99. The van der Waals surface area contributed by atoms with Crippen LogP contribution in [0, 0.1) is 0 Å². The first-order valence-electron chi connectivity index (χ1n) is 9.51. The number of nitrogens with zero attached hydrogens (tertiary/aromatic N) is 2. The third-order valence-corrected chi connectivity index (χ3v) is 3.48. The largest absolute Gasteiger partial charge is 0.480 e. The van der Waals surface area contributed by atoms with Crippen LogP contribution < -0.4 is 16.0 Å². The lowest BCUT2D eigenvalue weighted by molar-refractivity contribution is -0.141. The van der Waals surface area contributed by atoms with Crippen molar-refractivity contribution >= 4 is 24.0 Å². The molecular weight excluding hydrogens is 394 g/mol. The van der Waals surface area contributed by atoms with Crippen molar-refractivity contribution in [1.82, 2.24) is 25.5 Å². The summed E-state index contributed by atoms with van der Waals surface area (Å²) in [5.41, 5.74) is -0.820. The van der Waals surface area contributed by atoms with Gasteiger partial charge in [0.2, 0.25) is 5.91 Å². The average molecular weight is 425 g/mol. The van der Waals surface area contributed by atoms with Crippen molar-refractivity contribution in [3.8, 4) is 0 Å². The number of aromatic nitrogens is 2. The molecule has 0 aromatic carbocycles. The number of carbonyl (C=O) groups is 4. The number of aliphatic carboxylic acids is 1. The first kappa shape index (κ1) is 24.9. The van der Waals surface area contributed by atoms with Crippen molar-refractivity contribution in [1.29, 1.82) is 0 Å². The van der Waals surface area contributed by atoms with Gasteiger partial charge in [-0.1, -0.05) is 0 Å². The zero-order valence-corrected chi connectivity index (χ0v) is 18.2. The third kappa shape index (κ3) is 9.39. The van der Waals surface area contributed by atoms with Crippen LogP contribution in [-0.2, 0) is 20.7 Å². The van der Waals surface area contributed by atoms with Gasteiger partial charge >= 0.3 is 18.1 Å². The maximum absolute atomic E-state index is 12.3. The molecule has 0 saturated carbocycles. The lowest BCUT2D eigenvalue weighted by Gasteiger charge is -2.22. The van der Waals surface area contributed by atoms with Gasteiger partial charge in [-0.25, -0.2) is 19.4 Å². The molecule has 0 radical (unpaired) electrons. The van der Waals surface area contributed by atoms with Crippen LogP contribution in [-0.4, -0.2) is 62.4 Å². The standard InChI is InChI=1S/C19H31N5O6/c1-18(2,3)23-16(28)24-11-20-10-12(24)9-13(15(26)27)22-14(25)7-8-21-17(29)30-19(4,5)6/h10-11,13H,7-9H2,1-6H3,(H,21,29)(H,22,25)(H,23,28)(H,26,27)/t13-/m0/s1. The summed E-state index contributed by atoms with van der Waals surface area (Å²) >= 11 is 0. The van der Waals surface area contributed by atoms with Crippen molar-refractivity contribution in [3.63, 3.8) is 0 Å². The van der Waals surface area contributed by atoms with Crippen molar-refractivity contribution in [3.05, 3.63) is 18.2 Å². The first-order valence-corrected chi connectivity index (χ1v) is 9.51. The van der Waals surface area contributed by atoms with E-state index < -0.39 is 41.2 Å². The third-order valence-electron chi connectivity index (χ3n) is 3.48. The van der Waals surface area contributed by atoms with Crippen LogP contribution in [0.1, 0.15) is 53.7 Å². The molecule has 0 unspecified atom stereocenters. The smallest absolute Gasteiger partial charge is 0.407 e. The quantitative estimate of drug-likeness (QED) is 0.513. The van der Waals surface area contributed by atoms with E-state index in [0.717, 1.165) is 0 Å². The number of alkyl carbamates (subject to hydrolysis) is 1. The van der Waals surface area contributed by atoms with Crippen LogP contribution in [0.3, 0.4) is 0 Å². The molecule has 3 amide bonds. The number of carboxylic acids is 1. The lowest BCUT2D eigenvalue weighted by Crippen LogP contribution is -2.45. The highest BCUT2D eigenvalue weighted by molar-refractivity contribution is 5.84. The summed E-state index contributed by atoms with van der Waals surface area (Å²) < 4.78 is 6.26. The van der Waals surface area contributed by atoms with E-state index in [9.17, 15) is 24.3 Å². The van der Waals surface area contributed by atoms with E-state index in [2.05, 4.69) is 20.9 Å². The van der Waals surface area contributed by atoms with Crippen LogP contribution in [0.25, 0.3) is 0 Å². The van der Waals surface area contributed by atoms with Crippen LogP contribution >= 0.6 is 0 Å². The number of amides is 3. The van der Waals surface area contributed by atoms with E-state index in [1.165, 1.54) is 17.1 Å². The minimum absolute atomic E-state index is 0.0149. The molecule has 0 bridgehead atoms. The van der Waals surface area contributed by atoms with E-state index in [1.54, 1.807) is 20.8 Å². The molecule has 1 aromatic rings. The molecule has 4 N–H and O–H groups in total. The van der Waals surface area contributed by atoms with E-state index in [4.69, 9.17) is 4.74 Å². The number of carboxylic acid groups (broad SMARTS) is 1. The Kier molecular flexibility index (Phi) is 8.38. The SMILES string of the molecule is CC(C)(C)NC(=O)n1cncc1C[C@H](NC(=O)CCNC(=O)OC(C)(C)C)C(=O)O. The van der Waals surface area contributed by atoms with Gasteiger partial charge in [0.15, 0.2) is 0 Å². The topological polar surface area (TPSA) is 152 Å². The number of rotatable bonds is 7. The molecule has 0 aliphatic carbocycles. The van der Waals surface area contributed by atoms with Gasteiger partial charge < -0.3 is 25.8 Å². The molecule has 0 saturated heterocycles. The second-order valence-corrected chi connectivity index (χ2v) is 8.78. The van der Waals surface area contributed by atoms with Gasteiger partial charge in [0.1, 0.15) is 18.0 Å². The highest BCUT2D eigenvalue weighted by Crippen LogP contribution is 2.08. The second-order valence-electron chi connectivity index (χ2n) is 8.78. The monoisotopic (exact) mass is 425 g/mol.